The Balaban J connectivity index is 1.56. The molecule has 0 spiro atoms. The van der Waals surface area contributed by atoms with Crippen LogP contribution in [-0.2, 0) is 0 Å². The van der Waals surface area contributed by atoms with E-state index in [2.05, 4.69) is 31.2 Å². The number of para-hydroxylation sites is 1. The lowest BCUT2D eigenvalue weighted by Gasteiger charge is -2.13. The van der Waals surface area contributed by atoms with Crippen molar-refractivity contribution in [2.75, 3.05) is 5.32 Å². The number of aromatic nitrogens is 4. The van der Waals surface area contributed by atoms with Crippen LogP contribution in [0.25, 0.3) is 17.1 Å². The first-order chi connectivity index (χ1) is 16.0. The van der Waals surface area contributed by atoms with Crippen molar-refractivity contribution in [1.29, 1.82) is 0 Å². The molecule has 9 nitrogen and oxygen atoms in total. The molecule has 2 amide bonds. The van der Waals surface area contributed by atoms with Gasteiger partial charge >= 0.3 is 5.91 Å². The molecule has 2 heterocycles. The van der Waals surface area contributed by atoms with E-state index >= 15 is 0 Å². The van der Waals surface area contributed by atoms with Gasteiger partial charge in [-0.15, -0.1) is 5.10 Å². The quantitative estimate of drug-likeness (QED) is 0.396. The molecule has 0 atom stereocenters. The van der Waals surface area contributed by atoms with Gasteiger partial charge in [-0.3, -0.25) is 20.4 Å². The highest BCUT2D eigenvalue weighted by molar-refractivity contribution is 6.00. The van der Waals surface area contributed by atoms with Gasteiger partial charge in [0.1, 0.15) is 5.82 Å². The highest BCUT2D eigenvalue weighted by Crippen LogP contribution is 2.21. The van der Waals surface area contributed by atoms with Gasteiger partial charge < -0.3 is 5.32 Å². The molecule has 166 valence electrons. The van der Waals surface area contributed by atoms with Crippen molar-refractivity contribution >= 4 is 17.6 Å². The first-order valence-corrected chi connectivity index (χ1v) is 10.4. The molecule has 0 aliphatic heterocycles. The van der Waals surface area contributed by atoms with Crippen LogP contribution in [0.1, 0.15) is 34.8 Å². The zero-order chi connectivity index (χ0) is 23.2. The van der Waals surface area contributed by atoms with E-state index in [1.807, 2.05) is 74.5 Å². The normalized spacial score (nSPS) is 10.6. The van der Waals surface area contributed by atoms with Crippen LogP contribution in [0.5, 0.6) is 0 Å². The first kappa shape index (κ1) is 21.7. The topological polar surface area (TPSA) is 114 Å². The molecule has 0 aliphatic carbocycles. The van der Waals surface area contributed by atoms with Gasteiger partial charge in [0.2, 0.25) is 5.82 Å². The monoisotopic (exact) mass is 441 g/mol. The Morgan fingerprint density at radius 3 is 2.21 bits per heavy atom. The average molecular weight is 441 g/mol. The molecule has 33 heavy (non-hydrogen) atoms. The third kappa shape index (κ3) is 5.04. The fourth-order valence-electron chi connectivity index (χ4n) is 3.15. The Kier molecular flexibility index (Phi) is 6.40. The standard InChI is InChI=1S/C24H23N7O2/c1-16(2)26-20-19(14-9-15-25-20)23(32)28-29-24(33)21-27-22(17-10-5-3-6-11-17)31(30-21)18-12-7-4-8-13-18/h3-16H,1-2H3,(H,25,26)(H,28,32)(H,29,33). The highest BCUT2D eigenvalue weighted by Gasteiger charge is 2.20. The maximum absolute atomic E-state index is 12.8. The Hall–Kier alpha value is -4.53. The van der Waals surface area contributed by atoms with Crippen molar-refractivity contribution < 1.29 is 9.59 Å². The number of nitrogens with zero attached hydrogens (tertiary/aromatic N) is 4. The number of amides is 2. The molecule has 4 aromatic rings. The molecule has 0 saturated heterocycles. The number of anilines is 1. The summed E-state index contributed by atoms with van der Waals surface area (Å²) in [5.41, 5.74) is 6.66. The van der Waals surface area contributed by atoms with Crippen LogP contribution in [0.4, 0.5) is 5.82 Å². The van der Waals surface area contributed by atoms with E-state index in [1.165, 1.54) is 0 Å². The largest absolute Gasteiger partial charge is 0.367 e. The van der Waals surface area contributed by atoms with Gasteiger partial charge in [-0.25, -0.2) is 14.6 Å². The summed E-state index contributed by atoms with van der Waals surface area (Å²) in [6.07, 6.45) is 1.59. The molecular formula is C24H23N7O2. The van der Waals surface area contributed by atoms with Crippen LogP contribution in [0.15, 0.2) is 79.0 Å². The van der Waals surface area contributed by atoms with Crippen LogP contribution >= 0.6 is 0 Å². The minimum atomic E-state index is -0.641. The van der Waals surface area contributed by atoms with Crippen LogP contribution in [0, 0.1) is 0 Å². The van der Waals surface area contributed by atoms with Crippen molar-refractivity contribution in [3.8, 4) is 17.1 Å². The second-order valence-corrected chi connectivity index (χ2v) is 7.48. The Morgan fingerprint density at radius 1 is 0.848 bits per heavy atom. The summed E-state index contributed by atoms with van der Waals surface area (Å²) in [4.78, 5) is 34.0. The summed E-state index contributed by atoms with van der Waals surface area (Å²) in [6, 6.07) is 22.2. The fourth-order valence-corrected chi connectivity index (χ4v) is 3.15. The van der Waals surface area contributed by atoms with Gasteiger partial charge in [0.25, 0.3) is 5.91 Å². The molecule has 9 heteroatoms. The van der Waals surface area contributed by atoms with Crippen LogP contribution < -0.4 is 16.2 Å². The van der Waals surface area contributed by atoms with Crippen molar-refractivity contribution in [3.05, 3.63) is 90.4 Å². The molecule has 2 aromatic heterocycles. The number of pyridine rings is 1. The summed E-state index contributed by atoms with van der Waals surface area (Å²) in [5, 5.41) is 7.49. The van der Waals surface area contributed by atoms with Crippen molar-refractivity contribution in [1.82, 2.24) is 30.6 Å². The van der Waals surface area contributed by atoms with Crippen LogP contribution in [0.3, 0.4) is 0 Å². The smallest absolute Gasteiger partial charge is 0.309 e. The van der Waals surface area contributed by atoms with Gasteiger partial charge in [-0.2, -0.15) is 0 Å². The molecule has 0 saturated carbocycles. The van der Waals surface area contributed by atoms with E-state index in [-0.39, 0.29) is 11.9 Å². The Labute approximate surface area is 190 Å². The van der Waals surface area contributed by atoms with Gasteiger partial charge in [0, 0.05) is 17.8 Å². The lowest BCUT2D eigenvalue weighted by molar-refractivity contribution is 0.0841. The third-order valence-electron chi connectivity index (χ3n) is 4.61. The lowest BCUT2D eigenvalue weighted by Crippen LogP contribution is -2.42. The van der Waals surface area contributed by atoms with Crippen molar-refractivity contribution in [2.24, 2.45) is 0 Å². The second kappa shape index (κ2) is 9.73. The number of rotatable bonds is 6. The summed E-state index contributed by atoms with van der Waals surface area (Å²) in [7, 11) is 0. The summed E-state index contributed by atoms with van der Waals surface area (Å²) >= 11 is 0. The number of hydrogen-bond acceptors (Lipinski definition) is 6. The molecule has 4 rings (SSSR count). The maximum Gasteiger partial charge on any atom is 0.309 e. The highest BCUT2D eigenvalue weighted by atomic mass is 16.2. The van der Waals surface area contributed by atoms with Gasteiger partial charge in [-0.1, -0.05) is 48.5 Å². The minimum Gasteiger partial charge on any atom is -0.367 e. The first-order valence-electron chi connectivity index (χ1n) is 10.4. The van der Waals surface area contributed by atoms with Crippen molar-refractivity contribution in [2.45, 2.75) is 19.9 Å². The number of benzene rings is 2. The van der Waals surface area contributed by atoms with E-state index in [0.717, 1.165) is 11.3 Å². The number of hydrogen-bond donors (Lipinski definition) is 3. The molecule has 3 N–H and O–H groups in total. The maximum atomic E-state index is 12.8. The van der Waals surface area contributed by atoms with Crippen LogP contribution in [-0.4, -0.2) is 37.6 Å². The number of nitrogens with one attached hydrogen (secondary N) is 3. The van der Waals surface area contributed by atoms with Gasteiger partial charge in [0.05, 0.1) is 11.3 Å². The fraction of sp³-hybridized carbons (Fsp3) is 0.125. The molecule has 0 unspecified atom stereocenters. The van der Waals surface area contributed by atoms with E-state index in [9.17, 15) is 9.59 Å². The SMILES string of the molecule is CC(C)Nc1ncccc1C(=O)NNC(=O)c1nc(-c2ccccc2)n(-c2ccccc2)n1. The summed E-state index contributed by atoms with van der Waals surface area (Å²) in [6.45, 7) is 3.88. The summed E-state index contributed by atoms with van der Waals surface area (Å²) in [5.74, 6) is -0.293. The zero-order valence-corrected chi connectivity index (χ0v) is 18.2. The minimum absolute atomic E-state index is 0.0790. The molecule has 0 aliphatic rings. The van der Waals surface area contributed by atoms with E-state index < -0.39 is 11.8 Å². The third-order valence-corrected chi connectivity index (χ3v) is 4.61. The van der Waals surface area contributed by atoms with E-state index in [0.29, 0.717) is 17.2 Å². The number of carbonyl (C=O) groups is 2. The van der Waals surface area contributed by atoms with Crippen molar-refractivity contribution in [3.63, 3.8) is 0 Å². The van der Waals surface area contributed by atoms with Gasteiger partial charge in [-0.05, 0) is 38.1 Å². The van der Waals surface area contributed by atoms with E-state index in [1.54, 1.807) is 23.0 Å². The van der Waals surface area contributed by atoms with E-state index in [4.69, 9.17) is 0 Å². The Morgan fingerprint density at radius 2 is 1.52 bits per heavy atom. The number of carbonyl (C=O) groups excluding carboxylic acids is 2. The second-order valence-electron chi connectivity index (χ2n) is 7.48. The molecule has 0 bridgehead atoms. The predicted octanol–water partition coefficient (Wildman–Crippen LogP) is 3.22. The Bertz CT molecular complexity index is 1200. The van der Waals surface area contributed by atoms with Gasteiger partial charge in [0.15, 0.2) is 5.82 Å². The summed E-state index contributed by atoms with van der Waals surface area (Å²) < 4.78 is 1.60. The molecule has 2 aromatic carbocycles. The average Bonchev–Trinajstić information content (AvgIpc) is 3.29. The lowest BCUT2D eigenvalue weighted by atomic mass is 10.2. The zero-order valence-electron chi connectivity index (χ0n) is 18.2. The molecule has 0 fully saturated rings. The molecular weight excluding hydrogens is 418 g/mol. The van der Waals surface area contributed by atoms with Crippen LogP contribution in [0.2, 0.25) is 0 Å². The molecule has 0 radical (unpaired) electrons. The number of hydrazine groups is 1. The predicted molar refractivity (Wildman–Crippen MR) is 125 cm³/mol.